The molecule has 1 aromatic heterocycles. The quantitative estimate of drug-likeness (QED) is 0.424. The van der Waals surface area contributed by atoms with Crippen molar-refractivity contribution in [2.75, 3.05) is 12.4 Å². The fourth-order valence-electron chi connectivity index (χ4n) is 3.53. The monoisotopic (exact) mass is 381 g/mol. The summed E-state index contributed by atoms with van der Waals surface area (Å²) in [6, 6.07) is 0. The van der Waals surface area contributed by atoms with Crippen molar-refractivity contribution in [1.29, 1.82) is 0 Å². The molecule has 0 aromatic carbocycles. The number of amides is 1. The maximum Gasteiger partial charge on any atom is 0.341 e. The van der Waals surface area contributed by atoms with Crippen LogP contribution in [-0.4, -0.2) is 24.1 Å². The fourth-order valence-corrected chi connectivity index (χ4v) is 5.03. The van der Waals surface area contributed by atoms with Gasteiger partial charge in [-0.2, -0.15) is 0 Å². The van der Waals surface area contributed by atoms with E-state index in [4.69, 9.17) is 17.0 Å². The molecule has 1 aromatic rings. The smallest absolute Gasteiger partial charge is 0.341 e. The molecule has 136 valence electrons. The number of thiocarbonyl (C=S) groups is 1. The summed E-state index contributed by atoms with van der Waals surface area (Å²) in [7, 11) is 1.38. The number of fused-ring (bicyclic) bond motifs is 1. The molecule has 1 amide bonds. The van der Waals surface area contributed by atoms with Crippen LogP contribution < -0.4 is 16.2 Å². The number of rotatable bonds is 3. The van der Waals surface area contributed by atoms with Crippen LogP contribution in [0.5, 0.6) is 0 Å². The van der Waals surface area contributed by atoms with Crippen LogP contribution in [-0.2, 0) is 22.4 Å². The number of methoxy groups -OCH3 is 1. The number of anilines is 1. The minimum Gasteiger partial charge on any atom is -0.465 e. The third-order valence-corrected chi connectivity index (χ3v) is 6.22. The topological polar surface area (TPSA) is 79.5 Å². The van der Waals surface area contributed by atoms with Gasteiger partial charge < -0.3 is 10.1 Å². The highest BCUT2D eigenvalue weighted by Crippen LogP contribution is 2.39. The van der Waals surface area contributed by atoms with Crippen molar-refractivity contribution in [1.82, 2.24) is 10.9 Å². The molecule has 0 unspecified atom stereocenters. The molecule has 0 radical (unpaired) electrons. The lowest BCUT2D eigenvalue weighted by Gasteiger charge is -2.21. The van der Waals surface area contributed by atoms with E-state index in [-0.39, 0.29) is 22.9 Å². The van der Waals surface area contributed by atoms with Crippen molar-refractivity contribution < 1.29 is 14.3 Å². The predicted molar refractivity (Wildman–Crippen MR) is 102 cm³/mol. The first-order valence-corrected chi connectivity index (χ1v) is 9.92. The summed E-state index contributed by atoms with van der Waals surface area (Å²) in [5, 5.41) is 3.99. The summed E-state index contributed by atoms with van der Waals surface area (Å²) in [6.45, 7) is 0. The van der Waals surface area contributed by atoms with Crippen LogP contribution in [0.15, 0.2) is 0 Å². The summed E-state index contributed by atoms with van der Waals surface area (Å²) in [5.74, 6) is -0.318. The standard InChI is InChI=1S/C17H23N3O3S2/c1-23-16(22)13-11-8-5-9-12(11)25-15(13)18-17(24)20-19-14(21)10-6-3-2-4-7-10/h10H,2-9H2,1H3,(H,19,21)(H2,18,20,24). The Morgan fingerprint density at radius 2 is 1.88 bits per heavy atom. The van der Waals surface area contributed by atoms with Gasteiger partial charge in [0.15, 0.2) is 5.11 Å². The highest BCUT2D eigenvalue weighted by Gasteiger charge is 2.27. The van der Waals surface area contributed by atoms with Gasteiger partial charge in [0.2, 0.25) is 5.91 Å². The van der Waals surface area contributed by atoms with Crippen LogP contribution in [0.2, 0.25) is 0 Å². The molecule has 2 aliphatic carbocycles. The van der Waals surface area contributed by atoms with Crippen LogP contribution in [0.1, 0.15) is 59.3 Å². The Labute approximate surface area is 156 Å². The van der Waals surface area contributed by atoms with E-state index in [2.05, 4.69) is 16.2 Å². The van der Waals surface area contributed by atoms with E-state index in [1.54, 1.807) is 0 Å². The first-order chi connectivity index (χ1) is 12.1. The highest BCUT2D eigenvalue weighted by molar-refractivity contribution is 7.80. The van der Waals surface area contributed by atoms with E-state index >= 15 is 0 Å². The average molecular weight is 382 g/mol. The molecule has 6 nitrogen and oxygen atoms in total. The summed E-state index contributed by atoms with van der Waals surface area (Å²) < 4.78 is 4.91. The number of thiophene rings is 1. The first kappa shape index (κ1) is 18.1. The number of hydrazine groups is 1. The van der Waals surface area contributed by atoms with Crippen molar-refractivity contribution in [3.63, 3.8) is 0 Å². The highest BCUT2D eigenvalue weighted by atomic mass is 32.1. The number of hydrogen-bond donors (Lipinski definition) is 3. The SMILES string of the molecule is COC(=O)c1c(NC(=S)NNC(=O)C2CCCCC2)sc2c1CCC2. The zero-order valence-corrected chi connectivity index (χ0v) is 15.9. The van der Waals surface area contributed by atoms with Gasteiger partial charge in [0.1, 0.15) is 5.00 Å². The summed E-state index contributed by atoms with van der Waals surface area (Å²) >= 11 is 6.79. The predicted octanol–water partition coefficient (Wildman–Crippen LogP) is 2.92. The second kappa shape index (κ2) is 8.14. The average Bonchev–Trinajstić information content (AvgIpc) is 3.20. The van der Waals surface area contributed by atoms with Gasteiger partial charge in [-0.25, -0.2) is 4.79 Å². The molecule has 0 aliphatic heterocycles. The normalized spacial score (nSPS) is 16.8. The minimum absolute atomic E-state index is 0.0225. The molecule has 8 heteroatoms. The van der Waals surface area contributed by atoms with Crippen molar-refractivity contribution in [2.24, 2.45) is 5.92 Å². The molecule has 0 saturated heterocycles. The third-order valence-electron chi connectivity index (χ3n) is 4.81. The second-order valence-corrected chi connectivity index (χ2v) is 7.97. The van der Waals surface area contributed by atoms with Gasteiger partial charge in [-0.05, 0) is 49.9 Å². The number of nitrogens with one attached hydrogen (secondary N) is 3. The Kier molecular flexibility index (Phi) is 5.90. The maximum absolute atomic E-state index is 12.2. The minimum atomic E-state index is -0.351. The van der Waals surface area contributed by atoms with Crippen LogP contribution in [0, 0.1) is 5.92 Å². The van der Waals surface area contributed by atoms with E-state index in [0.717, 1.165) is 50.5 Å². The number of carbonyl (C=O) groups excluding carboxylic acids is 2. The zero-order chi connectivity index (χ0) is 17.8. The van der Waals surface area contributed by atoms with E-state index in [1.807, 2.05) is 0 Å². The van der Waals surface area contributed by atoms with Gasteiger partial charge in [0.05, 0.1) is 12.7 Å². The largest absolute Gasteiger partial charge is 0.465 e. The summed E-state index contributed by atoms with van der Waals surface area (Å²) in [4.78, 5) is 25.5. The molecule has 1 saturated carbocycles. The Morgan fingerprint density at radius 3 is 2.60 bits per heavy atom. The molecule has 1 heterocycles. The fraction of sp³-hybridized carbons (Fsp3) is 0.588. The van der Waals surface area contributed by atoms with Crippen LogP contribution in [0.3, 0.4) is 0 Å². The Morgan fingerprint density at radius 1 is 1.12 bits per heavy atom. The Hall–Kier alpha value is -1.67. The van der Waals surface area contributed by atoms with E-state index < -0.39 is 0 Å². The van der Waals surface area contributed by atoms with Gasteiger partial charge in [-0.15, -0.1) is 11.3 Å². The zero-order valence-electron chi connectivity index (χ0n) is 14.3. The van der Waals surface area contributed by atoms with Crippen molar-refractivity contribution in [2.45, 2.75) is 51.4 Å². The van der Waals surface area contributed by atoms with Crippen LogP contribution in [0.25, 0.3) is 0 Å². The molecule has 1 fully saturated rings. The van der Waals surface area contributed by atoms with Gasteiger partial charge in [-0.3, -0.25) is 15.6 Å². The number of esters is 1. The molecule has 3 rings (SSSR count). The van der Waals surface area contributed by atoms with Gasteiger partial charge in [0.25, 0.3) is 0 Å². The Bertz CT molecular complexity index is 681. The molecular formula is C17H23N3O3S2. The first-order valence-electron chi connectivity index (χ1n) is 8.70. The van der Waals surface area contributed by atoms with E-state index in [1.165, 1.54) is 29.7 Å². The molecule has 0 atom stereocenters. The lowest BCUT2D eigenvalue weighted by atomic mass is 9.89. The molecule has 0 spiro atoms. The van der Waals surface area contributed by atoms with Crippen LogP contribution in [0.4, 0.5) is 5.00 Å². The lowest BCUT2D eigenvalue weighted by Crippen LogP contribution is -2.46. The third kappa shape index (κ3) is 4.12. The number of ether oxygens (including phenoxy) is 1. The van der Waals surface area contributed by atoms with Gasteiger partial charge >= 0.3 is 5.97 Å². The number of hydrogen-bond acceptors (Lipinski definition) is 5. The molecule has 25 heavy (non-hydrogen) atoms. The maximum atomic E-state index is 12.2. The van der Waals surface area contributed by atoms with Crippen molar-refractivity contribution in [3.8, 4) is 0 Å². The second-order valence-electron chi connectivity index (χ2n) is 6.46. The van der Waals surface area contributed by atoms with E-state index in [9.17, 15) is 9.59 Å². The molecular weight excluding hydrogens is 358 g/mol. The molecule has 3 N–H and O–H groups in total. The van der Waals surface area contributed by atoms with Crippen LogP contribution >= 0.6 is 23.6 Å². The molecule has 0 bridgehead atoms. The van der Waals surface area contributed by atoms with Gasteiger partial charge in [-0.1, -0.05) is 19.3 Å². The molecule has 2 aliphatic rings. The van der Waals surface area contributed by atoms with Crippen molar-refractivity contribution in [3.05, 3.63) is 16.0 Å². The van der Waals surface area contributed by atoms with E-state index in [0.29, 0.717) is 10.6 Å². The van der Waals surface area contributed by atoms with Gasteiger partial charge in [0, 0.05) is 10.8 Å². The van der Waals surface area contributed by atoms with Crippen molar-refractivity contribution >= 4 is 45.5 Å². The summed E-state index contributed by atoms with van der Waals surface area (Å²) in [5.41, 5.74) is 7.07. The Balaban J connectivity index is 1.59. The number of aryl methyl sites for hydroxylation is 1. The number of carbonyl (C=O) groups is 2. The lowest BCUT2D eigenvalue weighted by molar-refractivity contribution is -0.126. The summed E-state index contributed by atoms with van der Waals surface area (Å²) in [6.07, 6.45) is 8.19.